The molecule has 1 fully saturated rings. The number of ketones is 1. The minimum atomic E-state index is -1.14. The van der Waals surface area contributed by atoms with Gasteiger partial charge in [-0.05, 0) is 13.0 Å². The molecule has 0 radical (unpaired) electrons. The number of piperazine rings is 1. The number of rotatable bonds is 5. The number of halogens is 1. The third-order valence-electron chi connectivity index (χ3n) is 4.49. The molecule has 1 unspecified atom stereocenters. The molecule has 136 valence electrons. The second-order valence-electron chi connectivity index (χ2n) is 6.09. The summed E-state index contributed by atoms with van der Waals surface area (Å²) in [5, 5.41) is 9.69. The number of benzene rings is 1. The normalized spacial score (nSPS) is 16.3. The number of Topliss-reactive ketones (excluding diaryl/α,β-unsaturated/α-hetero) is 1. The van der Waals surface area contributed by atoms with Crippen LogP contribution in [0.3, 0.4) is 0 Å². The molecule has 2 heterocycles. The molecule has 1 aromatic heterocycles. The van der Waals surface area contributed by atoms with Gasteiger partial charge in [-0.2, -0.15) is 0 Å². The largest absolute Gasteiger partial charge is 0.480 e. The Bertz CT molecular complexity index is 807. The summed E-state index contributed by atoms with van der Waals surface area (Å²) in [6.07, 6.45) is 4.84. The van der Waals surface area contributed by atoms with E-state index in [-0.39, 0.29) is 11.1 Å². The van der Waals surface area contributed by atoms with Crippen molar-refractivity contribution in [3.8, 4) is 0 Å². The minimum Gasteiger partial charge on any atom is -0.480 e. The lowest BCUT2D eigenvalue weighted by Crippen LogP contribution is -2.49. The fraction of sp³-hybridized carbons (Fsp3) is 0.333. The molecule has 0 amide bonds. The van der Waals surface area contributed by atoms with E-state index in [1.165, 1.54) is 25.1 Å². The zero-order valence-electron chi connectivity index (χ0n) is 14.3. The van der Waals surface area contributed by atoms with Crippen molar-refractivity contribution in [3.63, 3.8) is 0 Å². The van der Waals surface area contributed by atoms with Crippen molar-refractivity contribution >= 4 is 17.6 Å². The van der Waals surface area contributed by atoms with E-state index < -0.39 is 23.6 Å². The molecule has 1 aliphatic rings. The number of hydrogen-bond acceptors (Lipinski definition) is 6. The van der Waals surface area contributed by atoms with Gasteiger partial charge in [-0.25, -0.2) is 9.37 Å². The lowest BCUT2D eigenvalue weighted by Gasteiger charge is -2.38. The molecular formula is C18H19FN4O3. The standard InChI is InChI=1S/C18H19FN4O3/c1-12(24)13-3-2-4-14(16(13)19)17(18(25)26)23-9-7-22(8-10-23)15-11-20-5-6-21-15/h2-6,11,17H,7-10H2,1H3,(H,25,26). The van der Waals surface area contributed by atoms with E-state index >= 15 is 0 Å². The Morgan fingerprint density at radius 2 is 1.92 bits per heavy atom. The SMILES string of the molecule is CC(=O)c1cccc(C(C(=O)O)N2CCN(c3cnccn3)CC2)c1F. The average molecular weight is 358 g/mol. The smallest absolute Gasteiger partial charge is 0.325 e. The Kier molecular flexibility index (Phi) is 5.22. The quantitative estimate of drug-likeness (QED) is 0.815. The van der Waals surface area contributed by atoms with Gasteiger partial charge in [-0.1, -0.05) is 12.1 Å². The molecule has 0 bridgehead atoms. The number of aromatic nitrogens is 2. The van der Waals surface area contributed by atoms with Gasteiger partial charge in [0.1, 0.15) is 17.7 Å². The summed E-state index contributed by atoms with van der Waals surface area (Å²) < 4.78 is 14.7. The van der Waals surface area contributed by atoms with Crippen molar-refractivity contribution in [3.05, 3.63) is 53.7 Å². The van der Waals surface area contributed by atoms with Crippen molar-refractivity contribution in [2.75, 3.05) is 31.1 Å². The zero-order chi connectivity index (χ0) is 18.7. The third-order valence-corrected chi connectivity index (χ3v) is 4.49. The number of carbonyl (C=O) groups is 2. The van der Waals surface area contributed by atoms with Crippen LogP contribution in [-0.4, -0.2) is 57.9 Å². The van der Waals surface area contributed by atoms with Crippen molar-refractivity contribution in [2.24, 2.45) is 0 Å². The fourth-order valence-electron chi connectivity index (χ4n) is 3.18. The van der Waals surface area contributed by atoms with Crippen molar-refractivity contribution in [2.45, 2.75) is 13.0 Å². The van der Waals surface area contributed by atoms with E-state index in [4.69, 9.17) is 0 Å². The van der Waals surface area contributed by atoms with Gasteiger partial charge in [-0.15, -0.1) is 0 Å². The highest BCUT2D eigenvalue weighted by molar-refractivity contribution is 5.94. The van der Waals surface area contributed by atoms with Crippen LogP contribution in [0.15, 0.2) is 36.8 Å². The average Bonchev–Trinajstić information content (AvgIpc) is 2.64. The number of anilines is 1. The van der Waals surface area contributed by atoms with E-state index in [9.17, 15) is 19.1 Å². The maximum atomic E-state index is 14.7. The molecule has 3 rings (SSSR count). The van der Waals surface area contributed by atoms with Crippen molar-refractivity contribution < 1.29 is 19.1 Å². The lowest BCUT2D eigenvalue weighted by atomic mass is 9.99. The van der Waals surface area contributed by atoms with Crippen LogP contribution < -0.4 is 4.90 Å². The van der Waals surface area contributed by atoms with Crippen LogP contribution in [0.25, 0.3) is 0 Å². The zero-order valence-corrected chi connectivity index (χ0v) is 14.3. The van der Waals surface area contributed by atoms with Crippen LogP contribution in [0.1, 0.15) is 28.9 Å². The van der Waals surface area contributed by atoms with Crippen molar-refractivity contribution in [1.29, 1.82) is 0 Å². The van der Waals surface area contributed by atoms with Crippen LogP contribution in [0.2, 0.25) is 0 Å². The van der Waals surface area contributed by atoms with E-state index in [1.54, 1.807) is 23.5 Å². The molecule has 1 atom stereocenters. The summed E-state index contributed by atoms with van der Waals surface area (Å²) in [6.45, 7) is 3.22. The Morgan fingerprint density at radius 3 is 2.50 bits per heavy atom. The van der Waals surface area contributed by atoms with E-state index in [2.05, 4.69) is 9.97 Å². The maximum Gasteiger partial charge on any atom is 0.325 e. The van der Waals surface area contributed by atoms with Gasteiger partial charge in [0.05, 0.1) is 11.8 Å². The molecule has 26 heavy (non-hydrogen) atoms. The molecule has 0 spiro atoms. The Morgan fingerprint density at radius 1 is 1.19 bits per heavy atom. The molecule has 1 N–H and O–H groups in total. The van der Waals surface area contributed by atoms with E-state index in [1.807, 2.05) is 4.90 Å². The van der Waals surface area contributed by atoms with Crippen LogP contribution in [0, 0.1) is 5.82 Å². The van der Waals surface area contributed by atoms with E-state index in [0.29, 0.717) is 26.2 Å². The molecule has 1 saturated heterocycles. The summed E-state index contributed by atoms with van der Waals surface area (Å²) in [6, 6.07) is 3.17. The van der Waals surface area contributed by atoms with Crippen LogP contribution >= 0.6 is 0 Å². The molecule has 0 aliphatic carbocycles. The molecule has 1 aliphatic heterocycles. The van der Waals surface area contributed by atoms with Gasteiger partial charge < -0.3 is 10.0 Å². The summed E-state index contributed by atoms with van der Waals surface area (Å²) in [5.41, 5.74) is -0.0786. The van der Waals surface area contributed by atoms with Crippen molar-refractivity contribution in [1.82, 2.24) is 14.9 Å². The summed E-state index contributed by atoms with van der Waals surface area (Å²) in [5.74, 6) is -1.61. The molecule has 8 heteroatoms. The summed E-state index contributed by atoms with van der Waals surface area (Å²) >= 11 is 0. The molecular weight excluding hydrogens is 339 g/mol. The first-order chi connectivity index (χ1) is 12.5. The number of carboxylic acid groups (broad SMARTS) is 1. The van der Waals surface area contributed by atoms with Gasteiger partial charge in [0.2, 0.25) is 0 Å². The van der Waals surface area contributed by atoms with Gasteiger partial charge in [0.15, 0.2) is 5.78 Å². The third kappa shape index (κ3) is 3.55. The first-order valence-corrected chi connectivity index (χ1v) is 8.26. The lowest BCUT2D eigenvalue weighted by molar-refractivity contribution is -0.143. The predicted octanol–water partition coefficient (Wildman–Crippen LogP) is 1.77. The number of nitrogens with zero attached hydrogens (tertiary/aromatic N) is 4. The second-order valence-corrected chi connectivity index (χ2v) is 6.09. The second kappa shape index (κ2) is 7.57. The molecule has 7 nitrogen and oxygen atoms in total. The Hall–Kier alpha value is -2.87. The highest BCUT2D eigenvalue weighted by atomic mass is 19.1. The first-order valence-electron chi connectivity index (χ1n) is 8.26. The monoisotopic (exact) mass is 358 g/mol. The van der Waals surface area contributed by atoms with Gasteiger partial charge >= 0.3 is 5.97 Å². The summed E-state index contributed by atoms with van der Waals surface area (Å²) in [4.78, 5) is 35.4. The topological polar surface area (TPSA) is 86.6 Å². The number of hydrogen-bond donors (Lipinski definition) is 1. The molecule has 0 saturated carbocycles. The highest BCUT2D eigenvalue weighted by Crippen LogP contribution is 2.27. The number of carboxylic acids is 1. The van der Waals surface area contributed by atoms with Gasteiger partial charge in [-0.3, -0.25) is 19.5 Å². The van der Waals surface area contributed by atoms with Gasteiger partial charge in [0.25, 0.3) is 0 Å². The van der Waals surface area contributed by atoms with Crippen LogP contribution in [-0.2, 0) is 4.79 Å². The molecule has 1 aromatic carbocycles. The number of carbonyl (C=O) groups excluding carboxylic acids is 1. The van der Waals surface area contributed by atoms with Gasteiger partial charge in [0, 0.05) is 44.1 Å². The molecule has 2 aromatic rings. The Balaban J connectivity index is 1.81. The maximum absolute atomic E-state index is 14.7. The predicted molar refractivity (Wildman–Crippen MR) is 92.6 cm³/mol. The van der Waals surface area contributed by atoms with Crippen LogP contribution in [0.5, 0.6) is 0 Å². The Labute approximate surface area is 150 Å². The number of aliphatic carboxylic acids is 1. The fourth-order valence-corrected chi connectivity index (χ4v) is 3.18. The highest BCUT2D eigenvalue weighted by Gasteiger charge is 2.33. The first kappa shape index (κ1) is 17.9. The van der Waals surface area contributed by atoms with E-state index in [0.717, 1.165) is 5.82 Å². The minimum absolute atomic E-state index is 0.0122. The summed E-state index contributed by atoms with van der Waals surface area (Å²) in [7, 11) is 0. The van der Waals surface area contributed by atoms with Crippen LogP contribution in [0.4, 0.5) is 10.2 Å².